The first kappa shape index (κ1) is 15.1. The number of nitrogens with zero attached hydrogens (tertiary/aromatic N) is 3. The summed E-state index contributed by atoms with van der Waals surface area (Å²) in [6.45, 7) is 0. The second-order valence-electron chi connectivity index (χ2n) is 6.35. The second-order valence-corrected chi connectivity index (χ2v) is 6.35. The molecule has 3 aromatic rings. The molecule has 24 heavy (non-hydrogen) atoms. The third-order valence-corrected chi connectivity index (χ3v) is 4.67. The van der Waals surface area contributed by atoms with E-state index in [1.54, 1.807) is 18.3 Å². The van der Waals surface area contributed by atoms with Crippen LogP contribution in [0.15, 0.2) is 42.7 Å². The third kappa shape index (κ3) is 2.85. The van der Waals surface area contributed by atoms with Gasteiger partial charge in [0.2, 0.25) is 5.95 Å². The van der Waals surface area contributed by atoms with Crippen LogP contribution in [-0.2, 0) is 0 Å². The van der Waals surface area contributed by atoms with Gasteiger partial charge in [-0.25, -0.2) is 9.37 Å². The molecule has 6 heteroatoms. The van der Waals surface area contributed by atoms with Gasteiger partial charge in [0, 0.05) is 29.9 Å². The van der Waals surface area contributed by atoms with Gasteiger partial charge >= 0.3 is 0 Å². The number of hydrogen-bond donors (Lipinski definition) is 2. The minimum atomic E-state index is -0.225. The number of anilines is 1. The van der Waals surface area contributed by atoms with Crippen molar-refractivity contribution in [2.45, 2.75) is 37.8 Å². The molecule has 0 aliphatic heterocycles. The van der Waals surface area contributed by atoms with Crippen molar-refractivity contribution in [2.24, 2.45) is 5.73 Å². The van der Waals surface area contributed by atoms with Gasteiger partial charge in [0.25, 0.3) is 0 Å². The van der Waals surface area contributed by atoms with Gasteiger partial charge in [-0.05, 0) is 49.9 Å². The van der Waals surface area contributed by atoms with Crippen molar-refractivity contribution in [1.29, 1.82) is 0 Å². The lowest BCUT2D eigenvalue weighted by molar-refractivity contribution is 0.410. The van der Waals surface area contributed by atoms with Crippen LogP contribution >= 0.6 is 0 Å². The molecule has 0 bridgehead atoms. The molecule has 0 atom stereocenters. The van der Waals surface area contributed by atoms with Crippen LogP contribution in [0.25, 0.3) is 16.7 Å². The first-order valence-corrected chi connectivity index (χ1v) is 8.32. The Hall–Kier alpha value is -2.47. The summed E-state index contributed by atoms with van der Waals surface area (Å²) in [5.74, 6) is 1.10. The van der Waals surface area contributed by atoms with Gasteiger partial charge in [-0.2, -0.15) is 4.98 Å². The fourth-order valence-corrected chi connectivity index (χ4v) is 3.33. The number of fused-ring (bicyclic) bond motifs is 1. The normalized spacial score (nSPS) is 21.1. The van der Waals surface area contributed by atoms with Gasteiger partial charge in [-0.3, -0.25) is 0 Å². The lowest BCUT2D eigenvalue weighted by atomic mass is 9.92. The zero-order chi connectivity index (χ0) is 16.5. The molecule has 1 aliphatic carbocycles. The van der Waals surface area contributed by atoms with Crippen LogP contribution in [-0.4, -0.2) is 26.6 Å². The summed E-state index contributed by atoms with van der Waals surface area (Å²) in [6.07, 6.45) is 7.68. The highest BCUT2D eigenvalue weighted by Gasteiger charge is 2.19. The summed E-state index contributed by atoms with van der Waals surface area (Å²) >= 11 is 0. The summed E-state index contributed by atoms with van der Waals surface area (Å²) < 4.78 is 15.7. The predicted octanol–water partition coefficient (Wildman–Crippen LogP) is 3.24. The van der Waals surface area contributed by atoms with Crippen molar-refractivity contribution >= 4 is 16.9 Å². The SMILES string of the molecule is N[C@H]1CC[C@H](Nc2nccc(-n3ccc4c(F)cccc43)n2)CC1. The summed E-state index contributed by atoms with van der Waals surface area (Å²) in [4.78, 5) is 8.91. The fourth-order valence-electron chi connectivity index (χ4n) is 3.33. The molecule has 0 spiro atoms. The molecule has 5 nitrogen and oxygen atoms in total. The standard InChI is InChI=1S/C18H20FN5/c19-15-2-1-3-16-14(15)9-11-24(16)17-8-10-21-18(23-17)22-13-6-4-12(20)5-7-13/h1-3,8-13H,4-7,20H2,(H,21,22,23)/t12-,13-. The van der Waals surface area contributed by atoms with Crippen molar-refractivity contribution < 1.29 is 4.39 Å². The zero-order valence-electron chi connectivity index (χ0n) is 13.3. The van der Waals surface area contributed by atoms with E-state index < -0.39 is 0 Å². The smallest absolute Gasteiger partial charge is 0.224 e. The minimum absolute atomic E-state index is 0.225. The van der Waals surface area contributed by atoms with E-state index in [9.17, 15) is 4.39 Å². The maximum atomic E-state index is 13.9. The van der Waals surface area contributed by atoms with E-state index in [1.807, 2.05) is 22.9 Å². The van der Waals surface area contributed by atoms with E-state index in [2.05, 4.69) is 15.3 Å². The molecule has 1 aromatic carbocycles. The molecule has 2 aromatic heterocycles. The van der Waals surface area contributed by atoms with Crippen LogP contribution in [0.3, 0.4) is 0 Å². The molecule has 1 saturated carbocycles. The molecular weight excluding hydrogens is 305 g/mol. The van der Waals surface area contributed by atoms with E-state index in [4.69, 9.17) is 5.73 Å². The average molecular weight is 325 g/mol. The van der Waals surface area contributed by atoms with Gasteiger partial charge < -0.3 is 15.6 Å². The first-order valence-electron chi connectivity index (χ1n) is 8.32. The average Bonchev–Trinajstić information content (AvgIpc) is 3.03. The monoisotopic (exact) mass is 325 g/mol. The van der Waals surface area contributed by atoms with Gasteiger partial charge in [0.15, 0.2) is 0 Å². The molecule has 0 amide bonds. The van der Waals surface area contributed by atoms with E-state index in [0.717, 1.165) is 37.0 Å². The molecule has 2 heterocycles. The molecule has 1 fully saturated rings. The van der Waals surface area contributed by atoms with Crippen LogP contribution in [0.4, 0.5) is 10.3 Å². The molecule has 0 radical (unpaired) electrons. The van der Waals surface area contributed by atoms with Crippen LogP contribution in [0.2, 0.25) is 0 Å². The topological polar surface area (TPSA) is 68.8 Å². The van der Waals surface area contributed by atoms with E-state index >= 15 is 0 Å². The number of benzene rings is 1. The molecule has 0 unspecified atom stereocenters. The second kappa shape index (κ2) is 6.20. The van der Waals surface area contributed by atoms with Crippen molar-refractivity contribution in [1.82, 2.24) is 14.5 Å². The van der Waals surface area contributed by atoms with E-state index in [-0.39, 0.29) is 5.82 Å². The van der Waals surface area contributed by atoms with Crippen LogP contribution in [0.1, 0.15) is 25.7 Å². The van der Waals surface area contributed by atoms with Crippen molar-refractivity contribution in [3.8, 4) is 5.82 Å². The fraction of sp³-hybridized carbons (Fsp3) is 0.333. The highest BCUT2D eigenvalue weighted by atomic mass is 19.1. The first-order chi connectivity index (χ1) is 11.7. The molecule has 3 N–H and O–H groups in total. The van der Waals surface area contributed by atoms with Gasteiger partial charge in [-0.15, -0.1) is 0 Å². The van der Waals surface area contributed by atoms with Crippen molar-refractivity contribution in [2.75, 3.05) is 5.32 Å². The summed E-state index contributed by atoms with van der Waals surface area (Å²) in [7, 11) is 0. The Kier molecular flexibility index (Phi) is 3.90. The minimum Gasteiger partial charge on any atom is -0.351 e. The lowest BCUT2D eigenvalue weighted by Crippen LogP contribution is -2.33. The van der Waals surface area contributed by atoms with Crippen molar-refractivity contribution in [3.05, 3.63) is 48.5 Å². The summed E-state index contributed by atoms with van der Waals surface area (Å²) in [5.41, 5.74) is 6.75. The molecule has 1 aliphatic rings. The highest BCUT2D eigenvalue weighted by molar-refractivity contribution is 5.82. The summed E-state index contributed by atoms with van der Waals surface area (Å²) in [6, 6.07) is 9.33. The quantitative estimate of drug-likeness (QED) is 0.776. The highest BCUT2D eigenvalue weighted by Crippen LogP contribution is 2.23. The van der Waals surface area contributed by atoms with E-state index in [1.165, 1.54) is 6.07 Å². The molecule has 4 rings (SSSR count). The zero-order valence-corrected chi connectivity index (χ0v) is 13.3. The predicted molar refractivity (Wildman–Crippen MR) is 92.7 cm³/mol. The largest absolute Gasteiger partial charge is 0.351 e. The Balaban J connectivity index is 1.61. The molecule has 124 valence electrons. The van der Waals surface area contributed by atoms with Crippen LogP contribution in [0.5, 0.6) is 0 Å². The Bertz CT molecular complexity index is 851. The molecular formula is C18H20FN5. The summed E-state index contributed by atoms with van der Waals surface area (Å²) in [5, 5.41) is 3.99. The van der Waals surface area contributed by atoms with Gasteiger partial charge in [0.05, 0.1) is 5.52 Å². The number of hydrogen-bond acceptors (Lipinski definition) is 4. The van der Waals surface area contributed by atoms with Gasteiger partial charge in [-0.1, -0.05) is 6.07 Å². The maximum Gasteiger partial charge on any atom is 0.224 e. The van der Waals surface area contributed by atoms with E-state index in [0.29, 0.717) is 23.4 Å². The Morgan fingerprint density at radius 1 is 1.12 bits per heavy atom. The number of nitrogens with one attached hydrogen (secondary N) is 1. The number of rotatable bonds is 3. The Labute approximate surface area is 139 Å². The Morgan fingerprint density at radius 3 is 2.79 bits per heavy atom. The Morgan fingerprint density at radius 2 is 1.96 bits per heavy atom. The van der Waals surface area contributed by atoms with Crippen LogP contribution < -0.4 is 11.1 Å². The number of halogens is 1. The van der Waals surface area contributed by atoms with Crippen LogP contribution in [0, 0.1) is 5.82 Å². The molecule has 0 saturated heterocycles. The van der Waals surface area contributed by atoms with Gasteiger partial charge in [0.1, 0.15) is 11.6 Å². The number of nitrogens with two attached hydrogens (primary N) is 1. The third-order valence-electron chi connectivity index (χ3n) is 4.67. The maximum absolute atomic E-state index is 13.9. The lowest BCUT2D eigenvalue weighted by Gasteiger charge is -2.26. The number of aromatic nitrogens is 3. The van der Waals surface area contributed by atoms with Crippen molar-refractivity contribution in [3.63, 3.8) is 0 Å².